The highest BCUT2D eigenvalue weighted by atomic mass is 16.5. The lowest BCUT2D eigenvalue weighted by Gasteiger charge is -2.46. The van der Waals surface area contributed by atoms with Gasteiger partial charge in [0, 0.05) is 50.0 Å². The standard InChI is InChI=1S/C26H37N7O/c1-3-4-5-11-28-25-24-22(30-26(27)31-25)10-12-32(24)16-19-7-6-18(13-23(19)34-2)15-33-17-20-8-9-21(33)14-29-20/h6-7,10,12-13,20-21,29H,3-5,8-9,11,14-17H2,1-2H3,(H3,27,28,30,31). The molecule has 34 heavy (non-hydrogen) atoms. The number of hydrogen-bond donors (Lipinski definition) is 3. The first-order chi connectivity index (χ1) is 16.6. The Balaban J connectivity index is 1.35. The molecule has 0 saturated carbocycles. The molecule has 2 unspecified atom stereocenters. The van der Waals surface area contributed by atoms with E-state index in [2.05, 4.69) is 61.4 Å². The lowest BCUT2D eigenvalue weighted by atomic mass is 9.92. The molecule has 3 aliphatic rings. The first kappa shape index (κ1) is 22.9. The Morgan fingerprint density at radius 1 is 1.18 bits per heavy atom. The fourth-order valence-electron chi connectivity index (χ4n) is 5.39. The number of unbranched alkanes of at least 4 members (excludes halogenated alkanes) is 2. The summed E-state index contributed by atoms with van der Waals surface area (Å²) in [6.07, 6.45) is 8.14. The maximum atomic E-state index is 5.98. The largest absolute Gasteiger partial charge is 0.496 e. The van der Waals surface area contributed by atoms with Gasteiger partial charge < -0.3 is 25.7 Å². The Morgan fingerprint density at radius 3 is 2.82 bits per heavy atom. The number of anilines is 2. The van der Waals surface area contributed by atoms with Crippen LogP contribution in [-0.4, -0.2) is 58.3 Å². The minimum Gasteiger partial charge on any atom is -0.496 e. The quantitative estimate of drug-likeness (QED) is 0.396. The van der Waals surface area contributed by atoms with Crippen molar-refractivity contribution in [1.82, 2.24) is 24.8 Å². The van der Waals surface area contributed by atoms with Crippen LogP contribution in [-0.2, 0) is 13.1 Å². The van der Waals surface area contributed by atoms with Crippen LogP contribution < -0.4 is 21.1 Å². The summed E-state index contributed by atoms with van der Waals surface area (Å²) in [4.78, 5) is 11.6. The van der Waals surface area contributed by atoms with E-state index in [0.717, 1.165) is 60.8 Å². The van der Waals surface area contributed by atoms with E-state index >= 15 is 0 Å². The number of aromatic nitrogens is 3. The number of piperidine rings is 2. The SMILES string of the molecule is CCCCCNc1nc(N)nc2ccn(Cc3ccc(CN4CC5CCC4CN5)cc3OC)c12. The molecule has 0 aliphatic carbocycles. The van der Waals surface area contributed by atoms with Crippen LogP contribution in [0.5, 0.6) is 5.75 Å². The number of nitrogens with one attached hydrogen (secondary N) is 2. The van der Waals surface area contributed by atoms with Gasteiger partial charge in [-0.05, 0) is 37.0 Å². The number of nitrogen functional groups attached to an aromatic ring is 1. The van der Waals surface area contributed by atoms with Crippen molar-refractivity contribution in [3.05, 3.63) is 41.6 Å². The van der Waals surface area contributed by atoms with E-state index < -0.39 is 0 Å². The summed E-state index contributed by atoms with van der Waals surface area (Å²) in [6.45, 7) is 6.99. The van der Waals surface area contributed by atoms with Gasteiger partial charge >= 0.3 is 0 Å². The molecule has 8 nitrogen and oxygen atoms in total. The van der Waals surface area contributed by atoms with Crippen LogP contribution in [0.2, 0.25) is 0 Å². The third kappa shape index (κ3) is 4.83. The molecule has 0 spiro atoms. The zero-order valence-electron chi connectivity index (χ0n) is 20.4. The number of benzene rings is 1. The number of nitrogens with two attached hydrogens (primary N) is 1. The summed E-state index contributed by atoms with van der Waals surface area (Å²) in [6, 6.07) is 9.96. The second-order valence-corrected chi connectivity index (χ2v) is 9.65. The molecule has 8 heteroatoms. The fraction of sp³-hybridized carbons (Fsp3) is 0.538. The van der Waals surface area contributed by atoms with E-state index in [1.54, 1.807) is 7.11 Å². The molecule has 3 saturated heterocycles. The molecule has 1 aromatic carbocycles. The summed E-state index contributed by atoms with van der Waals surface area (Å²) in [5, 5.41) is 7.12. The van der Waals surface area contributed by atoms with Gasteiger partial charge in [0.1, 0.15) is 11.3 Å². The molecule has 0 amide bonds. The van der Waals surface area contributed by atoms with Gasteiger partial charge in [-0.15, -0.1) is 0 Å². The van der Waals surface area contributed by atoms with Crippen molar-refractivity contribution in [3.8, 4) is 5.75 Å². The van der Waals surface area contributed by atoms with Gasteiger partial charge in [-0.25, -0.2) is 4.98 Å². The molecule has 3 aromatic rings. The van der Waals surface area contributed by atoms with E-state index in [1.165, 1.54) is 31.2 Å². The van der Waals surface area contributed by atoms with Gasteiger partial charge in [0.25, 0.3) is 0 Å². The lowest BCUT2D eigenvalue weighted by molar-refractivity contribution is 0.0685. The number of methoxy groups -OCH3 is 1. The number of hydrogen-bond acceptors (Lipinski definition) is 7. The predicted octanol–water partition coefficient (Wildman–Crippen LogP) is 3.61. The molecule has 2 atom stereocenters. The second kappa shape index (κ2) is 10.2. The van der Waals surface area contributed by atoms with Crippen molar-refractivity contribution in [3.63, 3.8) is 0 Å². The molecule has 4 N–H and O–H groups in total. The van der Waals surface area contributed by atoms with Crippen LogP contribution in [0.4, 0.5) is 11.8 Å². The van der Waals surface area contributed by atoms with Crippen LogP contribution in [0.25, 0.3) is 11.0 Å². The zero-order chi connectivity index (χ0) is 23.5. The van der Waals surface area contributed by atoms with Crippen molar-refractivity contribution >= 4 is 22.8 Å². The first-order valence-corrected chi connectivity index (χ1v) is 12.6. The molecule has 3 aliphatic heterocycles. The molecule has 5 heterocycles. The lowest BCUT2D eigenvalue weighted by Crippen LogP contribution is -2.60. The van der Waals surface area contributed by atoms with Crippen molar-refractivity contribution in [2.75, 3.05) is 37.8 Å². The van der Waals surface area contributed by atoms with Crippen LogP contribution in [0.3, 0.4) is 0 Å². The van der Waals surface area contributed by atoms with Crippen LogP contribution in [0.15, 0.2) is 30.5 Å². The number of rotatable bonds is 10. The Hall–Kier alpha value is -2.84. The summed E-state index contributed by atoms with van der Waals surface area (Å²) in [5.41, 5.74) is 10.3. The Kier molecular flexibility index (Phi) is 6.87. The smallest absolute Gasteiger partial charge is 0.222 e. The highest BCUT2D eigenvalue weighted by Crippen LogP contribution is 2.29. The maximum absolute atomic E-state index is 5.98. The molecule has 182 valence electrons. The Labute approximate surface area is 201 Å². The van der Waals surface area contributed by atoms with Crippen LogP contribution in [0, 0.1) is 0 Å². The van der Waals surface area contributed by atoms with E-state index in [0.29, 0.717) is 24.6 Å². The minimum atomic E-state index is 0.298. The molecule has 2 aromatic heterocycles. The normalized spacial score (nSPS) is 20.2. The highest BCUT2D eigenvalue weighted by molar-refractivity contribution is 5.87. The molecule has 0 radical (unpaired) electrons. The molecule has 6 rings (SSSR count). The third-order valence-corrected chi connectivity index (χ3v) is 7.24. The summed E-state index contributed by atoms with van der Waals surface area (Å²) in [5.74, 6) is 2.02. The Morgan fingerprint density at radius 2 is 2.09 bits per heavy atom. The summed E-state index contributed by atoms with van der Waals surface area (Å²) >= 11 is 0. The maximum Gasteiger partial charge on any atom is 0.222 e. The zero-order valence-corrected chi connectivity index (χ0v) is 20.4. The van der Waals surface area contributed by atoms with E-state index in [1.807, 2.05) is 6.07 Å². The van der Waals surface area contributed by atoms with Gasteiger partial charge in [0.2, 0.25) is 5.95 Å². The molecule has 3 fully saturated rings. The van der Waals surface area contributed by atoms with Gasteiger partial charge in [-0.2, -0.15) is 4.98 Å². The predicted molar refractivity (Wildman–Crippen MR) is 137 cm³/mol. The van der Waals surface area contributed by atoms with Gasteiger partial charge in [-0.3, -0.25) is 4.90 Å². The average molecular weight is 464 g/mol. The molecular formula is C26H37N7O. The van der Waals surface area contributed by atoms with Gasteiger partial charge in [0.15, 0.2) is 5.82 Å². The first-order valence-electron chi connectivity index (χ1n) is 12.6. The number of ether oxygens (including phenoxy) is 1. The molecular weight excluding hydrogens is 426 g/mol. The van der Waals surface area contributed by atoms with Crippen molar-refractivity contribution in [2.24, 2.45) is 0 Å². The number of piperazine rings is 1. The van der Waals surface area contributed by atoms with Crippen LogP contribution >= 0.6 is 0 Å². The van der Waals surface area contributed by atoms with Gasteiger partial charge in [0.05, 0.1) is 19.2 Å². The monoisotopic (exact) mass is 463 g/mol. The van der Waals surface area contributed by atoms with Crippen molar-refractivity contribution < 1.29 is 4.74 Å². The molecule has 2 bridgehead atoms. The summed E-state index contributed by atoms with van der Waals surface area (Å²) < 4.78 is 8.01. The number of fused-ring (bicyclic) bond motifs is 4. The second-order valence-electron chi connectivity index (χ2n) is 9.65. The minimum absolute atomic E-state index is 0.298. The fourth-order valence-corrected chi connectivity index (χ4v) is 5.39. The van der Waals surface area contributed by atoms with E-state index in [9.17, 15) is 0 Å². The van der Waals surface area contributed by atoms with Crippen LogP contribution in [0.1, 0.15) is 50.2 Å². The van der Waals surface area contributed by atoms with Crippen molar-refractivity contribution in [1.29, 1.82) is 0 Å². The third-order valence-electron chi connectivity index (χ3n) is 7.24. The summed E-state index contributed by atoms with van der Waals surface area (Å²) in [7, 11) is 1.76. The highest BCUT2D eigenvalue weighted by Gasteiger charge is 2.33. The average Bonchev–Trinajstić information content (AvgIpc) is 3.25. The number of nitrogens with zero attached hydrogens (tertiary/aromatic N) is 4. The topological polar surface area (TPSA) is 93.3 Å². The van der Waals surface area contributed by atoms with E-state index in [-0.39, 0.29) is 0 Å². The van der Waals surface area contributed by atoms with Crippen molar-refractivity contribution in [2.45, 2.75) is 64.2 Å². The Bertz CT molecular complexity index is 1120. The van der Waals surface area contributed by atoms with Gasteiger partial charge in [-0.1, -0.05) is 31.9 Å². The van der Waals surface area contributed by atoms with E-state index in [4.69, 9.17) is 10.5 Å².